The standard InChI is InChI=1S/C16H18N4O2S/c1-20(2)15(21)11-7-8-17-14(9-11)19-16(22)18-12-5-4-6-13(10-12)23-3/h4-10H,1-3H3,(H2,17,18,19,22). The Bertz CT molecular complexity index is 719. The minimum absolute atomic E-state index is 0.150. The summed E-state index contributed by atoms with van der Waals surface area (Å²) < 4.78 is 0. The number of nitrogens with zero attached hydrogens (tertiary/aromatic N) is 2. The maximum absolute atomic E-state index is 12.0. The molecule has 2 aromatic rings. The third-order valence-corrected chi connectivity index (χ3v) is 3.71. The molecule has 23 heavy (non-hydrogen) atoms. The van der Waals surface area contributed by atoms with Gasteiger partial charge in [-0.2, -0.15) is 0 Å². The van der Waals surface area contributed by atoms with Gasteiger partial charge < -0.3 is 10.2 Å². The molecule has 2 rings (SSSR count). The Morgan fingerprint density at radius 1 is 1.13 bits per heavy atom. The second-order valence-electron chi connectivity index (χ2n) is 4.94. The molecule has 0 unspecified atom stereocenters. The molecule has 6 nitrogen and oxygen atoms in total. The first-order valence-corrected chi connectivity index (χ1v) is 8.12. The molecular weight excluding hydrogens is 312 g/mol. The van der Waals surface area contributed by atoms with Crippen LogP contribution in [-0.4, -0.2) is 42.2 Å². The van der Waals surface area contributed by atoms with Crippen molar-refractivity contribution in [1.29, 1.82) is 0 Å². The molecule has 1 heterocycles. The van der Waals surface area contributed by atoms with Gasteiger partial charge in [-0.15, -0.1) is 11.8 Å². The van der Waals surface area contributed by atoms with Gasteiger partial charge in [0.15, 0.2) is 0 Å². The van der Waals surface area contributed by atoms with Crippen LogP contribution in [0.3, 0.4) is 0 Å². The zero-order chi connectivity index (χ0) is 16.8. The van der Waals surface area contributed by atoms with Crippen molar-refractivity contribution < 1.29 is 9.59 Å². The van der Waals surface area contributed by atoms with Crippen LogP contribution in [0.1, 0.15) is 10.4 Å². The van der Waals surface area contributed by atoms with Gasteiger partial charge in [0.2, 0.25) is 0 Å². The Morgan fingerprint density at radius 3 is 2.61 bits per heavy atom. The number of hydrogen-bond donors (Lipinski definition) is 2. The molecule has 0 bridgehead atoms. The molecule has 0 radical (unpaired) electrons. The lowest BCUT2D eigenvalue weighted by Gasteiger charge is -2.11. The Morgan fingerprint density at radius 2 is 1.91 bits per heavy atom. The van der Waals surface area contributed by atoms with Gasteiger partial charge >= 0.3 is 6.03 Å². The van der Waals surface area contributed by atoms with E-state index in [1.54, 1.807) is 44.1 Å². The smallest absolute Gasteiger partial charge is 0.324 e. The number of anilines is 2. The molecule has 7 heteroatoms. The van der Waals surface area contributed by atoms with Crippen LogP contribution < -0.4 is 10.6 Å². The normalized spacial score (nSPS) is 10.0. The largest absolute Gasteiger partial charge is 0.345 e. The number of carbonyl (C=O) groups excluding carboxylic acids is 2. The number of benzene rings is 1. The van der Waals surface area contributed by atoms with Crippen molar-refractivity contribution in [3.05, 3.63) is 48.2 Å². The number of nitrogens with one attached hydrogen (secondary N) is 2. The second-order valence-corrected chi connectivity index (χ2v) is 5.82. The monoisotopic (exact) mass is 330 g/mol. The van der Waals surface area contributed by atoms with E-state index in [1.165, 1.54) is 11.1 Å². The van der Waals surface area contributed by atoms with Crippen molar-refractivity contribution >= 4 is 35.2 Å². The number of hydrogen-bond acceptors (Lipinski definition) is 4. The summed E-state index contributed by atoms with van der Waals surface area (Å²) in [6.07, 6.45) is 3.46. The first kappa shape index (κ1) is 16.8. The molecular formula is C16H18N4O2S. The molecule has 0 aliphatic heterocycles. The molecule has 0 saturated heterocycles. The number of rotatable bonds is 4. The molecule has 3 amide bonds. The van der Waals surface area contributed by atoms with Gasteiger partial charge in [0.1, 0.15) is 5.82 Å². The van der Waals surface area contributed by atoms with Gasteiger partial charge in [0.05, 0.1) is 0 Å². The van der Waals surface area contributed by atoms with Crippen molar-refractivity contribution in [3.63, 3.8) is 0 Å². The van der Waals surface area contributed by atoms with Gasteiger partial charge in [-0.25, -0.2) is 9.78 Å². The molecule has 2 N–H and O–H groups in total. The molecule has 1 aromatic heterocycles. The highest BCUT2D eigenvalue weighted by Crippen LogP contribution is 2.19. The van der Waals surface area contributed by atoms with E-state index in [-0.39, 0.29) is 5.91 Å². The quantitative estimate of drug-likeness (QED) is 0.845. The van der Waals surface area contributed by atoms with Crippen molar-refractivity contribution in [1.82, 2.24) is 9.88 Å². The Balaban J connectivity index is 2.05. The van der Waals surface area contributed by atoms with E-state index < -0.39 is 6.03 Å². The first-order chi connectivity index (χ1) is 11.0. The molecule has 0 fully saturated rings. The van der Waals surface area contributed by atoms with E-state index in [0.29, 0.717) is 17.1 Å². The molecule has 0 atom stereocenters. The Kier molecular flexibility index (Phi) is 5.59. The van der Waals surface area contributed by atoms with E-state index >= 15 is 0 Å². The van der Waals surface area contributed by atoms with Crippen LogP contribution in [0.25, 0.3) is 0 Å². The lowest BCUT2D eigenvalue weighted by Crippen LogP contribution is -2.23. The summed E-state index contributed by atoms with van der Waals surface area (Å²) in [6, 6.07) is 10.3. The number of carbonyl (C=O) groups is 2. The molecule has 120 valence electrons. The van der Waals surface area contributed by atoms with Crippen molar-refractivity contribution in [3.8, 4) is 0 Å². The van der Waals surface area contributed by atoms with Gasteiger partial charge in [-0.05, 0) is 36.6 Å². The van der Waals surface area contributed by atoms with Crippen molar-refractivity contribution in [2.24, 2.45) is 0 Å². The highest BCUT2D eigenvalue weighted by atomic mass is 32.2. The number of pyridine rings is 1. The summed E-state index contributed by atoms with van der Waals surface area (Å²) in [6.45, 7) is 0. The van der Waals surface area contributed by atoms with Gasteiger partial charge in [-0.3, -0.25) is 10.1 Å². The zero-order valence-electron chi connectivity index (χ0n) is 13.2. The Hall–Kier alpha value is -2.54. The summed E-state index contributed by atoms with van der Waals surface area (Å²) in [5.74, 6) is 0.166. The van der Waals surface area contributed by atoms with Gasteiger partial charge in [0.25, 0.3) is 5.91 Å². The maximum Gasteiger partial charge on any atom is 0.324 e. The average molecular weight is 330 g/mol. The fourth-order valence-corrected chi connectivity index (χ4v) is 2.33. The highest BCUT2D eigenvalue weighted by molar-refractivity contribution is 7.98. The summed E-state index contributed by atoms with van der Waals surface area (Å²) in [5.41, 5.74) is 1.15. The van der Waals surface area contributed by atoms with Crippen molar-refractivity contribution in [2.75, 3.05) is 31.0 Å². The summed E-state index contributed by atoms with van der Waals surface area (Å²) in [4.78, 5) is 30.5. The lowest BCUT2D eigenvalue weighted by atomic mass is 10.2. The van der Waals surface area contributed by atoms with Crippen LogP contribution in [-0.2, 0) is 0 Å². The Labute approximate surface area is 139 Å². The minimum atomic E-state index is -0.412. The van der Waals surface area contributed by atoms with Crippen LogP contribution in [0, 0.1) is 0 Å². The molecule has 0 saturated carbocycles. The zero-order valence-corrected chi connectivity index (χ0v) is 14.0. The number of aromatic nitrogens is 1. The fourth-order valence-electron chi connectivity index (χ4n) is 1.87. The number of urea groups is 1. The summed E-state index contributed by atoms with van der Waals surface area (Å²) >= 11 is 1.60. The van der Waals surface area contributed by atoms with Crippen LogP contribution >= 0.6 is 11.8 Å². The highest BCUT2D eigenvalue weighted by Gasteiger charge is 2.10. The lowest BCUT2D eigenvalue weighted by molar-refractivity contribution is 0.0827. The number of thioether (sulfide) groups is 1. The van der Waals surface area contributed by atoms with E-state index in [4.69, 9.17) is 0 Å². The summed E-state index contributed by atoms with van der Waals surface area (Å²) in [7, 11) is 3.34. The molecule has 0 spiro atoms. The predicted molar refractivity (Wildman–Crippen MR) is 93.1 cm³/mol. The third-order valence-electron chi connectivity index (χ3n) is 2.98. The second kappa shape index (κ2) is 7.64. The fraction of sp³-hybridized carbons (Fsp3) is 0.188. The molecule has 1 aromatic carbocycles. The van der Waals surface area contributed by atoms with Crippen LogP contribution in [0.4, 0.5) is 16.3 Å². The number of amides is 3. The van der Waals surface area contributed by atoms with Crippen molar-refractivity contribution in [2.45, 2.75) is 4.90 Å². The van der Waals surface area contributed by atoms with E-state index in [9.17, 15) is 9.59 Å². The molecule has 0 aliphatic carbocycles. The first-order valence-electron chi connectivity index (χ1n) is 6.89. The average Bonchev–Trinajstić information content (AvgIpc) is 2.54. The molecule has 0 aliphatic rings. The van der Waals surface area contributed by atoms with E-state index in [1.807, 2.05) is 24.5 Å². The van der Waals surface area contributed by atoms with Gasteiger partial charge in [-0.1, -0.05) is 6.07 Å². The third kappa shape index (κ3) is 4.72. The predicted octanol–water partition coefficient (Wildman–Crippen LogP) is 3.15. The summed E-state index contributed by atoms with van der Waals surface area (Å²) in [5, 5.41) is 5.36. The van der Waals surface area contributed by atoms with E-state index in [2.05, 4.69) is 15.6 Å². The van der Waals surface area contributed by atoms with Crippen LogP contribution in [0.2, 0.25) is 0 Å². The minimum Gasteiger partial charge on any atom is -0.345 e. The van der Waals surface area contributed by atoms with Crippen LogP contribution in [0.5, 0.6) is 0 Å². The van der Waals surface area contributed by atoms with Crippen LogP contribution in [0.15, 0.2) is 47.5 Å². The maximum atomic E-state index is 12.0. The van der Waals surface area contributed by atoms with Gasteiger partial charge in [0, 0.05) is 36.4 Å². The van der Waals surface area contributed by atoms with E-state index in [0.717, 1.165) is 4.90 Å². The topological polar surface area (TPSA) is 74.3 Å². The SMILES string of the molecule is CSc1cccc(NC(=O)Nc2cc(C(=O)N(C)C)ccn2)c1.